The summed E-state index contributed by atoms with van der Waals surface area (Å²) in [4.78, 5) is 10.4. The van der Waals surface area contributed by atoms with E-state index in [4.69, 9.17) is 9.97 Å². The molecule has 0 bridgehead atoms. The lowest BCUT2D eigenvalue weighted by Crippen LogP contribution is -2.25. The van der Waals surface area contributed by atoms with Gasteiger partial charge >= 0.3 is 0 Å². The molecule has 2 aliphatic carbocycles. The highest BCUT2D eigenvalue weighted by atomic mass is 15.0. The molecule has 0 saturated heterocycles. The number of para-hydroxylation sites is 2. The zero-order valence-electron chi connectivity index (χ0n) is 31.4. The second-order valence-electron chi connectivity index (χ2n) is 15.6. The van der Waals surface area contributed by atoms with Gasteiger partial charge < -0.3 is 4.57 Å². The summed E-state index contributed by atoms with van der Waals surface area (Å²) in [6.45, 7) is 0. The quantitative estimate of drug-likeness (QED) is 0.181. The lowest BCUT2D eigenvalue weighted by molar-refractivity contribution is 0.794. The van der Waals surface area contributed by atoms with Crippen molar-refractivity contribution in [3.8, 4) is 50.6 Å². The number of nitrogens with zero attached hydrogens (tertiary/aromatic N) is 3. The Labute approximate surface area is 335 Å². The van der Waals surface area contributed by atoms with Crippen LogP contribution in [0, 0.1) is 0 Å². The lowest BCUT2D eigenvalue weighted by atomic mass is 9.70. The first-order chi connectivity index (χ1) is 28.8. The molecule has 58 heavy (non-hydrogen) atoms. The zero-order valence-corrected chi connectivity index (χ0v) is 31.4. The van der Waals surface area contributed by atoms with Crippen molar-refractivity contribution >= 4 is 43.5 Å². The van der Waals surface area contributed by atoms with E-state index >= 15 is 0 Å². The molecule has 268 valence electrons. The van der Waals surface area contributed by atoms with Gasteiger partial charge in [-0.1, -0.05) is 176 Å². The van der Waals surface area contributed by atoms with Crippen LogP contribution in [0.4, 0.5) is 0 Å². The maximum Gasteiger partial charge on any atom is 0.160 e. The maximum absolute atomic E-state index is 5.25. The van der Waals surface area contributed by atoms with Crippen LogP contribution in [0.15, 0.2) is 200 Å². The molecule has 11 aromatic rings. The average molecular weight is 736 g/mol. The van der Waals surface area contributed by atoms with Gasteiger partial charge in [-0.2, -0.15) is 0 Å². The van der Waals surface area contributed by atoms with Crippen molar-refractivity contribution in [1.82, 2.24) is 14.5 Å². The second kappa shape index (κ2) is 11.7. The molecule has 3 nitrogen and oxygen atoms in total. The molecule has 0 saturated carbocycles. The van der Waals surface area contributed by atoms with Crippen molar-refractivity contribution in [2.24, 2.45) is 0 Å². The minimum atomic E-state index is -0.387. The molecule has 0 unspecified atom stereocenters. The normalized spacial score (nSPS) is 13.3. The van der Waals surface area contributed by atoms with Gasteiger partial charge in [-0.05, 0) is 74.2 Å². The highest BCUT2D eigenvalue weighted by Gasteiger charge is 2.51. The van der Waals surface area contributed by atoms with E-state index in [1.54, 1.807) is 0 Å². The summed E-state index contributed by atoms with van der Waals surface area (Å²) in [7, 11) is 0. The molecule has 0 radical (unpaired) electrons. The summed E-state index contributed by atoms with van der Waals surface area (Å²) in [6.07, 6.45) is 0. The van der Waals surface area contributed by atoms with Crippen LogP contribution < -0.4 is 0 Å². The van der Waals surface area contributed by atoms with E-state index in [2.05, 4.69) is 199 Å². The van der Waals surface area contributed by atoms with E-state index in [0.29, 0.717) is 5.82 Å². The van der Waals surface area contributed by atoms with E-state index in [9.17, 15) is 0 Å². The standard InChI is InChI=1S/C55H33N3/c1-2-15-34(16-3-1)52-44-23-7-12-27-49(44)56-54(57-52)35-17-14-18-36(33-35)58-50-28-13-8-21-39(50)41-30-29-40-42(53(41)58)31-32-48-51(40)43-22-6-11-26-47(43)55(48)45-24-9-4-19-37(45)38-20-5-10-25-46(38)55/h1-33H. The molecule has 3 heteroatoms. The van der Waals surface area contributed by atoms with Crippen LogP contribution in [0.5, 0.6) is 0 Å². The monoisotopic (exact) mass is 735 g/mol. The lowest BCUT2D eigenvalue weighted by Gasteiger charge is -2.30. The highest BCUT2D eigenvalue weighted by molar-refractivity contribution is 6.21. The van der Waals surface area contributed by atoms with Gasteiger partial charge in [0.15, 0.2) is 5.82 Å². The van der Waals surface area contributed by atoms with Gasteiger partial charge in [-0.25, -0.2) is 9.97 Å². The largest absolute Gasteiger partial charge is 0.309 e. The Morgan fingerprint density at radius 3 is 1.76 bits per heavy atom. The summed E-state index contributed by atoms with van der Waals surface area (Å²) in [5.41, 5.74) is 17.7. The third-order valence-electron chi connectivity index (χ3n) is 12.8. The van der Waals surface area contributed by atoms with Gasteiger partial charge in [-0.15, -0.1) is 0 Å². The summed E-state index contributed by atoms with van der Waals surface area (Å²) < 4.78 is 2.46. The predicted octanol–water partition coefficient (Wildman–Crippen LogP) is 13.6. The molecule has 9 aromatic carbocycles. The van der Waals surface area contributed by atoms with Crippen molar-refractivity contribution in [2.75, 3.05) is 0 Å². The molecule has 2 heterocycles. The Bertz CT molecular complexity index is 3480. The number of aromatic nitrogens is 3. The molecule has 0 fully saturated rings. The Morgan fingerprint density at radius 1 is 0.379 bits per heavy atom. The molecule has 0 N–H and O–H groups in total. The van der Waals surface area contributed by atoms with Crippen LogP contribution in [-0.4, -0.2) is 14.5 Å². The van der Waals surface area contributed by atoms with Crippen molar-refractivity contribution in [1.29, 1.82) is 0 Å². The zero-order chi connectivity index (χ0) is 38.0. The third kappa shape index (κ3) is 4.07. The Balaban J connectivity index is 1.08. The molecule has 0 atom stereocenters. The van der Waals surface area contributed by atoms with Gasteiger partial charge in [0.1, 0.15) is 0 Å². The first-order valence-electron chi connectivity index (χ1n) is 20.0. The molecule has 2 aliphatic rings. The first-order valence-corrected chi connectivity index (χ1v) is 20.0. The Morgan fingerprint density at radius 2 is 0.966 bits per heavy atom. The summed E-state index contributed by atoms with van der Waals surface area (Å²) in [5.74, 6) is 0.710. The van der Waals surface area contributed by atoms with Crippen molar-refractivity contribution in [2.45, 2.75) is 5.41 Å². The molecular weight excluding hydrogens is 703 g/mol. The number of rotatable bonds is 3. The molecule has 0 aliphatic heterocycles. The fraction of sp³-hybridized carbons (Fsp3) is 0.0182. The van der Waals surface area contributed by atoms with Crippen LogP contribution in [0.25, 0.3) is 94.1 Å². The average Bonchev–Trinajstić information content (AvgIpc) is 3.91. The van der Waals surface area contributed by atoms with Crippen LogP contribution >= 0.6 is 0 Å². The summed E-state index contributed by atoms with van der Waals surface area (Å²) >= 11 is 0. The number of hydrogen-bond donors (Lipinski definition) is 0. The van der Waals surface area contributed by atoms with Gasteiger partial charge in [0, 0.05) is 38.4 Å². The number of benzene rings is 9. The van der Waals surface area contributed by atoms with Gasteiger partial charge in [0.25, 0.3) is 0 Å². The fourth-order valence-corrected chi connectivity index (χ4v) is 10.5. The topological polar surface area (TPSA) is 30.7 Å². The molecule has 2 aromatic heterocycles. The van der Waals surface area contributed by atoms with Crippen molar-refractivity contribution in [3.05, 3.63) is 222 Å². The minimum absolute atomic E-state index is 0.387. The van der Waals surface area contributed by atoms with E-state index in [0.717, 1.165) is 33.4 Å². The SMILES string of the molecule is c1ccc(-c2nc(-c3cccc(-n4c5ccccc5c5ccc6c7c(ccc6c54)C4(c5ccccc5-c5ccccc54)c4ccccc4-7)c3)nc3ccccc23)cc1. The van der Waals surface area contributed by atoms with Gasteiger partial charge in [0.2, 0.25) is 0 Å². The number of fused-ring (bicyclic) bond motifs is 17. The van der Waals surface area contributed by atoms with Crippen molar-refractivity contribution < 1.29 is 0 Å². The van der Waals surface area contributed by atoms with E-state index in [1.807, 2.05) is 6.07 Å². The van der Waals surface area contributed by atoms with Crippen LogP contribution in [0.1, 0.15) is 22.3 Å². The molecule has 1 spiro atoms. The van der Waals surface area contributed by atoms with E-state index in [-0.39, 0.29) is 5.41 Å². The number of hydrogen-bond acceptors (Lipinski definition) is 2. The Hall–Kier alpha value is -7.62. The molecule has 0 amide bonds. The first kappa shape index (κ1) is 31.6. The molecule has 13 rings (SSSR count). The van der Waals surface area contributed by atoms with Crippen LogP contribution in [0.3, 0.4) is 0 Å². The Kier molecular flexibility index (Phi) is 6.37. The van der Waals surface area contributed by atoms with Gasteiger partial charge in [0.05, 0.1) is 27.7 Å². The molecular formula is C55H33N3. The van der Waals surface area contributed by atoms with E-state index in [1.165, 1.54) is 77.1 Å². The fourth-order valence-electron chi connectivity index (χ4n) is 10.5. The van der Waals surface area contributed by atoms with E-state index < -0.39 is 0 Å². The van der Waals surface area contributed by atoms with Crippen LogP contribution in [-0.2, 0) is 5.41 Å². The minimum Gasteiger partial charge on any atom is -0.309 e. The van der Waals surface area contributed by atoms with Gasteiger partial charge in [-0.3, -0.25) is 0 Å². The van der Waals surface area contributed by atoms with Crippen molar-refractivity contribution in [3.63, 3.8) is 0 Å². The maximum atomic E-state index is 5.25. The predicted molar refractivity (Wildman–Crippen MR) is 239 cm³/mol. The smallest absolute Gasteiger partial charge is 0.160 e. The second-order valence-corrected chi connectivity index (χ2v) is 15.6. The summed E-state index contributed by atoms with van der Waals surface area (Å²) in [6, 6.07) is 73.0. The summed E-state index contributed by atoms with van der Waals surface area (Å²) in [5, 5.41) is 6.01. The highest BCUT2D eigenvalue weighted by Crippen LogP contribution is 2.64. The third-order valence-corrected chi connectivity index (χ3v) is 12.8. The van der Waals surface area contributed by atoms with Crippen LogP contribution in [0.2, 0.25) is 0 Å².